The second kappa shape index (κ2) is 5.58. The molecule has 22 heavy (non-hydrogen) atoms. The van der Waals surface area contributed by atoms with E-state index < -0.39 is 29.4 Å². The first kappa shape index (κ1) is 19.1. The van der Waals surface area contributed by atoms with Crippen LogP contribution < -0.4 is 4.74 Å². The Hall–Kier alpha value is -0.990. The fourth-order valence-electron chi connectivity index (χ4n) is 1.48. The molecule has 0 aliphatic rings. The summed E-state index contributed by atoms with van der Waals surface area (Å²) in [5.41, 5.74) is -0.189. The third kappa shape index (κ3) is 3.67. The van der Waals surface area contributed by atoms with E-state index in [9.17, 15) is 30.7 Å². The van der Waals surface area contributed by atoms with Crippen LogP contribution in [-0.2, 0) is 5.41 Å². The summed E-state index contributed by atoms with van der Waals surface area (Å²) in [7, 11) is 0. The number of hydrogen-bond acceptors (Lipinski definition) is 1. The van der Waals surface area contributed by atoms with Gasteiger partial charge in [-0.2, -0.15) is 30.7 Å². The molecular formula is C13H12BrF7O. The fraction of sp³-hybridized carbons (Fsp3) is 0.538. The molecule has 1 aromatic rings. The van der Waals surface area contributed by atoms with E-state index in [2.05, 4.69) is 20.7 Å². The summed E-state index contributed by atoms with van der Waals surface area (Å²) in [5.74, 6) is -6.68. The van der Waals surface area contributed by atoms with Gasteiger partial charge in [0.2, 0.25) is 0 Å². The molecular weight excluding hydrogens is 385 g/mol. The lowest BCUT2D eigenvalue weighted by Gasteiger charge is -2.31. The Morgan fingerprint density at radius 2 is 1.32 bits per heavy atom. The SMILES string of the molecule is CC(C)(C)c1ccc(Br)c(OC(F)(C(F)(F)F)C(F)(F)F)c1. The van der Waals surface area contributed by atoms with Gasteiger partial charge in [-0.3, -0.25) is 0 Å². The number of ether oxygens (including phenoxy) is 1. The predicted octanol–water partition coefficient (Wildman–Crippen LogP) is 5.92. The van der Waals surface area contributed by atoms with Crippen molar-refractivity contribution in [3.63, 3.8) is 0 Å². The van der Waals surface area contributed by atoms with E-state index in [1.54, 1.807) is 20.8 Å². The first-order valence-corrected chi connectivity index (χ1v) is 6.70. The Morgan fingerprint density at radius 3 is 1.68 bits per heavy atom. The lowest BCUT2D eigenvalue weighted by molar-refractivity contribution is -0.406. The van der Waals surface area contributed by atoms with Gasteiger partial charge in [0.25, 0.3) is 0 Å². The van der Waals surface area contributed by atoms with Crippen LogP contribution in [-0.4, -0.2) is 18.2 Å². The summed E-state index contributed by atoms with van der Waals surface area (Å²) >= 11 is 2.76. The van der Waals surface area contributed by atoms with Crippen LogP contribution in [0, 0.1) is 0 Å². The molecule has 1 aromatic carbocycles. The molecule has 0 aliphatic heterocycles. The highest BCUT2D eigenvalue weighted by atomic mass is 79.9. The zero-order valence-electron chi connectivity index (χ0n) is 11.7. The Labute approximate surface area is 130 Å². The maximum atomic E-state index is 13.6. The summed E-state index contributed by atoms with van der Waals surface area (Å²) < 4.78 is 92.2. The smallest absolute Gasteiger partial charge is 0.442 e. The van der Waals surface area contributed by atoms with E-state index in [1.165, 1.54) is 12.1 Å². The average molecular weight is 397 g/mol. The zero-order valence-corrected chi connectivity index (χ0v) is 13.3. The fourth-order valence-corrected chi connectivity index (χ4v) is 1.80. The lowest BCUT2D eigenvalue weighted by atomic mass is 9.87. The number of halogens is 8. The van der Waals surface area contributed by atoms with Crippen LogP contribution in [0.2, 0.25) is 0 Å². The maximum Gasteiger partial charge on any atom is 0.470 e. The summed E-state index contributed by atoms with van der Waals surface area (Å²) in [4.78, 5) is 0. The molecule has 1 rings (SSSR count). The van der Waals surface area contributed by atoms with Crippen molar-refractivity contribution in [1.29, 1.82) is 0 Å². The van der Waals surface area contributed by atoms with Crippen molar-refractivity contribution in [2.45, 2.75) is 44.4 Å². The predicted molar refractivity (Wildman–Crippen MR) is 69.4 cm³/mol. The van der Waals surface area contributed by atoms with Crippen molar-refractivity contribution in [3.05, 3.63) is 28.2 Å². The Bertz CT molecular complexity index is 529. The van der Waals surface area contributed by atoms with Gasteiger partial charge in [-0.25, -0.2) is 0 Å². The molecule has 9 heteroatoms. The Kier molecular flexibility index (Phi) is 4.83. The molecule has 0 heterocycles. The minimum Gasteiger partial charge on any atom is -0.442 e. The molecule has 0 saturated carbocycles. The molecule has 0 amide bonds. The highest BCUT2D eigenvalue weighted by molar-refractivity contribution is 9.10. The number of hydrogen-bond donors (Lipinski definition) is 0. The molecule has 0 N–H and O–H groups in total. The molecule has 126 valence electrons. The monoisotopic (exact) mass is 396 g/mol. The van der Waals surface area contributed by atoms with Crippen molar-refractivity contribution in [2.75, 3.05) is 0 Å². The molecule has 0 saturated heterocycles. The first-order chi connectivity index (χ1) is 9.59. The van der Waals surface area contributed by atoms with Crippen molar-refractivity contribution in [1.82, 2.24) is 0 Å². The van der Waals surface area contributed by atoms with Crippen LogP contribution >= 0.6 is 15.9 Å². The molecule has 0 bridgehead atoms. The highest BCUT2D eigenvalue weighted by Gasteiger charge is 2.76. The molecule has 0 unspecified atom stereocenters. The molecule has 0 fully saturated rings. The van der Waals surface area contributed by atoms with Crippen LogP contribution in [0.15, 0.2) is 22.7 Å². The van der Waals surface area contributed by atoms with E-state index in [0.29, 0.717) is 5.56 Å². The van der Waals surface area contributed by atoms with Gasteiger partial charge in [-0.1, -0.05) is 26.8 Å². The second-order valence-electron chi connectivity index (χ2n) is 5.59. The summed E-state index contributed by atoms with van der Waals surface area (Å²) in [5, 5.41) is 0. The van der Waals surface area contributed by atoms with Crippen LogP contribution in [0.5, 0.6) is 5.75 Å². The average Bonchev–Trinajstić information content (AvgIpc) is 2.27. The summed E-state index contributed by atoms with van der Waals surface area (Å²) in [6.07, 6.45) is -12.6. The number of alkyl halides is 7. The van der Waals surface area contributed by atoms with Crippen molar-refractivity contribution in [3.8, 4) is 5.75 Å². The highest BCUT2D eigenvalue weighted by Crippen LogP contribution is 2.48. The number of benzene rings is 1. The van der Waals surface area contributed by atoms with Gasteiger partial charge in [-0.15, -0.1) is 0 Å². The van der Waals surface area contributed by atoms with Gasteiger partial charge in [-0.05, 0) is 39.0 Å². The normalized spacial score (nSPS) is 14.1. The largest absolute Gasteiger partial charge is 0.470 e. The third-order valence-corrected chi connectivity index (χ3v) is 3.43. The van der Waals surface area contributed by atoms with Crippen molar-refractivity contribution in [2.24, 2.45) is 0 Å². The van der Waals surface area contributed by atoms with Gasteiger partial charge in [0.15, 0.2) is 0 Å². The molecule has 0 aromatic heterocycles. The first-order valence-electron chi connectivity index (χ1n) is 5.91. The molecule has 0 aliphatic carbocycles. The van der Waals surface area contributed by atoms with Crippen LogP contribution in [0.1, 0.15) is 26.3 Å². The quantitative estimate of drug-likeness (QED) is 0.564. The van der Waals surface area contributed by atoms with E-state index >= 15 is 0 Å². The summed E-state index contributed by atoms with van der Waals surface area (Å²) in [6, 6.07) is 3.62. The lowest BCUT2D eigenvalue weighted by Crippen LogP contribution is -2.57. The molecule has 1 nitrogen and oxygen atoms in total. The van der Waals surface area contributed by atoms with Gasteiger partial charge in [0.1, 0.15) is 5.75 Å². The van der Waals surface area contributed by atoms with E-state index in [0.717, 1.165) is 6.07 Å². The molecule has 0 spiro atoms. The van der Waals surface area contributed by atoms with Crippen molar-refractivity contribution >= 4 is 15.9 Å². The number of rotatable bonds is 2. The molecule has 0 radical (unpaired) electrons. The topological polar surface area (TPSA) is 9.23 Å². The van der Waals surface area contributed by atoms with E-state index in [1.807, 2.05) is 0 Å². The van der Waals surface area contributed by atoms with Crippen LogP contribution in [0.4, 0.5) is 30.7 Å². The van der Waals surface area contributed by atoms with Crippen LogP contribution in [0.25, 0.3) is 0 Å². The Morgan fingerprint density at radius 1 is 0.864 bits per heavy atom. The van der Waals surface area contributed by atoms with Gasteiger partial charge in [0.05, 0.1) is 4.47 Å². The van der Waals surface area contributed by atoms with Gasteiger partial charge in [0, 0.05) is 0 Å². The van der Waals surface area contributed by atoms with E-state index in [-0.39, 0.29) is 4.47 Å². The maximum absolute atomic E-state index is 13.6. The third-order valence-electron chi connectivity index (χ3n) is 2.78. The molecule has 0 atom stereocenters. The summed E-state index contributed by atoms with van der Waals surface area (Å²) in [6.45, 7) is 5.07. The van der Waals surface area contributed by atoms with Gasteiger partial charge >= 0.3 is 18.2 Å². The minimum absolute atomic E-state index is 0.226. The van der Waals surface area contributed by atoms with Gasteiger partial charge < -0.3 is 4.74 Å². The Balaban J connectivity index is 3.38. The van der Waals surface area contributed by atoms with Crippen LogP contribution in [0.3, 0.4) is 0 Å². The van der Waals surface area contributed by atoms with Crippen molar-refractivity contribution < 1.29 is 35.5 Å². The zero-order chi connectivity index (χ0) is 17.6. The minimum atomic E-state index is -6.28. The second-order valence-corrected chi connectivity index (χ2v) is 6.44. The van der Waals surface area contributed by atoms with E-state index in [4.69, 9.17) is 0 Å². The standard InChI is InChI=1S/C13H12BrF7O/c1-10(2,3)7-4-5-8(14)9(6-7)22-11(15,12(16,17)18)13(19,20)21/h4-6H,1-3H3.